The van der Waals surface area contributed by atoms with Crippen molar-refractivity contribution >= 4 is 34.3 Å². The van der Waals surface area contributed by atoms with Crippen LogP contribution in [0.3, 0.4) is 0 Å². The Hall–Kier alpha value is -2.91. The Morgan fingerprint density at radius 3 is 2.84 bits per heavy atom. The van der Waals surface area contributed by atoms with E-state index in [9.17, 15) is 14.0 Å². The number of hydrogen-bond acceptors (Lipinski definition) is 4. The first kappa shape index (κ1) is 21.0. The number of amides is 2. The maximum Gasteiger partial charge on any atom is 0.272 e. The highest BCUT2D eigenvalue weighted by atomic mass is 35.5. The molecule has 2 aromatic heterocycles. The number of nitrogens with zero attached hydrogens (tertiary/aromatic N) is 3. The van der Waals surface area contributed by atoms with Gasteiger partial charge in [-0.1, -0.05) is 11.6 Å². The SMILES string of the molecule is COCC1(N(C)C(=O)c2[nH]nc3c2CN(C(=O)c2cc4c(F)cc(Cl)cc4[nH]2)CC3)CC1. The normalized spacial score (nSPS) is 16.8. The third kappa shape index (κ3) is 3.36. The molecule has 1 aliphatic heterocycles. The standard InChI is InChI=1S/C22H23ClFN5O3/c1-28(22(4-5-22)11-32-2)21(31)19-14-10-29(6-3-16(14)26-27-19)20(30)18-9-13-15(24)7-12(23)8-17(13)25-18/h7-9,25H,3-6,10-11H2,1-2H3,(H,26,27). The molecule has 0 bridgehead atoms. The van der Waals surface area contributed by atoms with Crippen LogP contribution < -0.4 is 0 Å². The third-order valence-electron chi connectivity index (χ3n) is 6.56. The van der Waals surface area contributed by atoms with Crippen molar-refractivity contribution in [3.05, 3.63) is 51.7 Å². The van der Waals surface area contributed by atoms with Crippen LogP contribution >= 0.6 is 11.6 Å². The lowest BCUT2D eigenvalue weighted by Gasteiger charge is -2.29. The molecule has 32 heavy (non-hydrogen) atoms. The smallest absolute Gasteiger partial charge is 0.272 e. The van der Waals surface area contributed by atoms with Gasteiger partial charge >= 0.3 is 0 Å². The minimum absolute atomic E-state index is 0.162. The van der Waals surface area contributed by atoms with E-state index in [1.54, 1.807) is 30.0 Å². The maximum atomic E-state index is 14.2. The van der Waals surface area contributed by atoms with Crippen LogP contribution in [0.25, 0.3) is 10.9 Å². The highest BCUT2D eigenvalue weighted by molar-refractivity contribution is 6.31. The van der Waals surface area contributed by atoms with Gasteiger partial charge in [0.1, 0.15) is 17.2 Å². The summed E-state index contributed by atoms with van der Waals surface area (Å²) in [7, 11) is 3.40. The number of methoxy groups -OCH3 is 1. The average Bonchev–Trinajstić information content (AvgIpc) is 3.23. The first-order chi connectivity index (χ1) is 15.3. The molecule has 10 heteroatoms. The number of aromatic nitrogens is 3. The zero-order valence-electron chi connectivity index (χ0n) is 17.8. The summed E-state index contributed by atoms with van der Waals surface area (Å²) in [6.07, 6.45) is 2.31. The molecule has 8 nitrogen and oxygen atoms in total. The van der Waals surface area contributed by atoms with Gasteiger partial charge in [0.25, 0.3) is 11.8 Å². The predicted molar refractivity (Wildman–Crippen MR) is 116 cm³/mol. The Morgan fingerprint density at radius 2 is 2.12 bits per heavy atom. The largest absolute Gasteiger partial charge is 0.382 e. The molecule has 2 amide bonds. The van der Waals surface area contributed by atoms with Crippen LogP contribution in [0.4, 0.5) is 4.39 Å². The lowest BCUT2D eigenvalue weighted by atomic mass is 10.0. The molecule has 1 aromatic carbocycles. The number of aromatic amines is 2. The minimum Gasteiger partial charge on any atom is -0.382 e. The van der Waals surface area contributed by atoms with E-state index in [2.05, 4.69) is 15.2 Å². The van der Waals surface area contributed by atoms with E-state index in [1.165, 1.54) is 12.1 Å². The number of benzene rings is 1. The molecule has 2 aliphatic rings. The summed E-state index contributed by atoms with van der Waals surface area (Å²) in [6, 6.07) is 4.30. The summed E-state index contributed by atoms with van der Waals surface area (Å²) in [5.41, 5.74) is 2.37. The van der Waals surface area contributed by atoms with Gasteiger partial charge in [-0.05, 0) is 31.0 Å². The zero-order valence-corrected chi connectivity index (χ0v) is 18.6. The van der Waals surface area contributed by atoms with Gasteiger partial charge in [-0.3, -0.25) is 14.7 Å². The number of H-pyrrole nitrogens is 2. The van der Waals surface area contributed by atoms with Crippen molar-refractivity contribution in [3.8, 4) is 0 Å². The summed E-state index contributed by atoms with van der Waals surface area (Å²) in [5.74, 6) is -0.919. The van der Waals surface area contributed by atoms with Gasteiger partial charge in [-0.15, -0.1) is 0 Å². The summed E-state index contributed by atoms with van der Waals surface area (Å²) < 4.78 is 19.5. The highest BCUT2D eigenvalue weighted by Gasteiger charge is 2.49. The highest BCUT2D eigenvalue weighted by Crippen LogP contribution is 2.42. The molecule has 168 valence electrons. The second-order valence-corrected chi connectivity index (χ2v) is 8.99. The van der Waals surface area contributed by atoms with Crippen LogP contribution in [0.5, 0.6) is 0 Å². The van der Waals surface area contributed by atoms with Crippen LogP contribution in [0, 0.1) is 5.82 Å². The predicted octanol–water partition coefficient (Wildman–Crippen LogP) is 3.13. The van der Waals surface area contributed by atoms with Crippen LogP contribution in [0.2, 0.25) is 5.02 Å². The summed E-state index contributed by atoms with van der Waals surface area (Å²) >= 11 is 5.92. The van der Waals surface area contributed by atoms with E-state index in [-0.39, 0.29) is 34.6 Å². The van der Waals surface area contributed by atoms with Gasteiger partial charge in [0, 0.05) is 43.1 Å². The molecule has 0 spiro atoms. The molecule has 0 atom stereocenters. The Kier molecular flexibility index (Phi) is 4.98. The molecule has 5 rings (SSSR count). The van der Waals surface area contributed by atoms with E-state index in [1.807, 2.05) is 0 Å². The Bertz CT molecular complexity index is 1230. The zero-order chi connectivity index (χ0) is 22.6. The fraction of sp³-hybridized carbons (Fsp3) is 0.409. The van der Waals surface area contributed by atoms with Crippen molar-refractivity contribution in [3.63, 3.8) is 0 Å². The van der Waals surface area contributed by atoms with Crippen molar-refractivity contribution in [2.24, 2.45) is 0 Å². The Labute approximate surface area is 188 Å². The molecule has 1 fully saturated rings. The van der Waals surface area contributed by atoms with Crippen molar-refractivity contribution in [1.82, 2.24) is 25.0 Å². The fourth-order valence-corrected chi connectivity index (χ4v) is 4.66. The Morgan fingerprint density at radius 1 is 1.34 bits per heavy atom. The van der Waals surface area contributed by atoms with Gasteiger partial charge in [0.15, 0.2) is 0 Å². The molecular formula is C22H23ClFN5O3. The number of halogens is 2. The molecule has 3 aromatic rings. The molecule has 1 aliphatic carbocycles. The van der Waals surface area contributed by atoms with Gasteiger partial charge < -0.3 is 19.5 Å². The topological polar surface area (TPSA) is 94.3 Å². The number of hydrogen-bond donors (Lipinski definition) is 2. The number of rotatable bonds is 5. The second-order valence-electron chi connectivity index (χ2n) is 8.55. The lowest BCUT2D eigenvalue weighted by Crippen LogP contribution is -2.43. The van der Waals surface area contributed by atoms with Crippen molar-refractivity contribution in [1.29, 1.82) is 0 Å². The Balaban J connectivity index is 1.39. The number of ether oxygens (including phenoxy) is 1. The van der Waals surface area contributed by atoms with Gasteiger partial charge in [0.2, 0.25) is 0 Å². The van der Waals surface area contributed by atoms with E-state index in [4.69, 9.17) is 16.3 Å². The maximum absolute atomic E-state index is 14.2. The van der Waals surface area contributed by atoms with E-state index < -0.39 is 5.82 Å². The monoisotopic (exact) mass is 459 g/mol. The van der Waals surface area contributed by atoms with E-state index in [0.29, 0.717) is 36.2 Å². The molecule has 3 heterocycles. The number of likely N-dealkylation sites (N-methyl/N-ethyl adjacent to an activating group) is 1. The number of carbonyl (C=O) groups excluding carboxylic acids is 2. The number of fused-ring (bicyclic) bond motifs is 2. The van der Waals surface area contributed by atoms with Crippen LogP contribution in [-0.2, 0) is 17.7 Å². The van der Waals surface area contributed by atoms with Crippen molar-refractivity contribution in [2.75, 3.05) is 27.3 Å². The molecule has 2 N–H and O–H groups in total. The van der Waals surface area contributed by atoms with E-state index in [0.717, 1.165) is 24.1 Å². The fourth-order valence-electron chi connectivity index (χ4n) is 4.46. The molecule has 0 radical (unpaired) electrons. The second kappa shape index (κ2) is 7.60. The first-order valence-corrected chi connectivity index (χ1v) is 10.8. The van der Waals surface area contributed by atoms with Gasteiger partial charge in [-0.2, -0.15) is 5.10 Å². The number of nitrogens with one attached hydrogen (secondary N) is 2. The third-order valence-corrected chi connectivity index (χ3v) is 6.78. The van der Waals surface area contributed by atoms with Crippen LogP contribution in [-0.4, -0.2) is 69.6 Å². The molecule has 1 saturated carbocycles. The molecule has 0 unspecified atom stereocenters. The van der Waals surface area contributed by atoms with Gasteiger partial charge in [0.05, 0.1) is 29.9 Å². The van der Waals surface area contributed by atoms with E-state index >= 15 is 0 Å². The lowest BCUT2D eigenvalue weighted by molar-refractivity contribution is 0.0541. The quantitative estimate of drug-likeness (QED) is 0.613. The van der Waals surface area contributed by atoms with Crippen LogP contribution in [0.15, 0.2) is 18.2 Å². The van der Waals surface area contributed by atoms with Crippen molar-refractivity contribution < 1.29 is 18.7 Å². The average molecular weight is 460 g/mol. The minimum atomic E-state index is -0.487. The van der Waals surface area contributed by atoms with Gasteiger partial charge in [-0.25, -0.2) is 4.39 Å². The summed E-state index contributed by atoms with van der Waals surface area (Å²) in [5, 5.41) is 7.76. The van der Waals surface area contributed by atoms with Crippen LogP contribution in [0.1, 0.15) is 45.1 Å². The first-order valence-electron chi connectivity index (χ1n) is 10.4. The number of carbonyl (C=O) groups is 2. The molecule has 0 saturated heterocycles. The molecular weight excluding hydrogens is 437 g/mol. The summed E-state index contributed by atoms with van der Waals surface area (Å²) in [6.45, 7) is 1.18. The van der Waals surface area contributed by atoms with Crippen molar-refractivity contribution in [2.45, 2.75) is 31.3 Å². The summed E-state index contributed by atoms with van der Waals surface area (Å²) in [4.78, 5) is 32.7.